The van der Waals surface area contributed by atoms with Crippen molar-refractivity contribution < 1.29 is 14.3 Å². The fourth-order valence-electron chi connectivity index (χ4n) is 3.54. The summed E-state index contributed by atoms with van der Waals surface area (Å²) in [4.78, 5) is 14.8. The van der Waals surface area contributed by atoms with Gasteiger partial charge < -0.3 is 14.4 Å². The van der Waals surface area contributed by atoms with Gasteiger partial charge in [0, 0.05) is 18.7 Å². The first kappa shape index (κ1) is 21.6. The smallest absolute Gasteiger partial charge is 0.223 e. The molecule has 0 radical (unpaired) electrons. The lowest BCUT2D eigenvalue weighted by Crippen LogP contribution is -2.30. The summed E-state index contributed by atoms with van der Waals surface area (Å²) in [5.41, 5.74) is 2.21. The van der Waals surface area contributed by atoms with E-state index in [1.54, 1.807) is 7.11 Å². The van der Waals surface area contributed by atoms with E-state index >= 15 is 0 Å². The van der Waals surface area contributed by atoms with E-state index in [2.05, 4.69) is 13.0 Å². The molecule has 0 bridgehead atoms. The minimum atomic E-state index is 0.0543. The van der Waals surface area contributed by atoms with Gasteiger partial charge in [-0.05, 0) is 29.7 Å². The zero-order valence-electron chi connectivity index (χ0n) is 17.4. The van der Waals surface area contributed by atoms with Crippen LogP contribution in [0.1, 0.15) is 55.5 Å². The van der Waals surface area contributed by atoms with Crippen molar-refractivity contribution in [2.24, 2.45) is 0 Å². The van der Waals surface area contributed by atoms with Gasteiger partial charge in [-0.25, -0.2) is 0 Å². The zero-order valence-corrected chi connectivity index (χ0v) is 18.2. The molecule has 0 spiro atoms. The number of carbonyl (C=O) groups excluding carboxylic acids is 1. The number of hydrogen-bond donors (Lipinski definition) is 0. The van der Waals surface area contributed by atoms with Crippen LogP contribution in [-0.2, 0) is 11.4 Å². The fraction of sp³-hybridized carbons (Fsp3) is 0.458. The van der Waals surface area contributed by atoms with Crippen LogP contribution in [0.5, 0.6) is 11.5 Å². The van der Waals surface area contributed by atoms with Gasteiger partial charge in [-0.3, -0.25) is 4.79 Å². The maximum Gasteiger partial charge on any atom is 0.223 e. The summed E-state index contributed by atoms with van der Waals surface area (Å²) in [6, 6.07) is 16.1. The van der Waals surface area contributed by atoms with Gasteiger partial charge in [0.1, 0.15) is 12.0 Å². The molecule has 0 aliphatic carbocycles. The molecule has 1 atom stereocenters. The highest BCUT2D eigenvalue weighted by Crippen LogP contribution is 2.41. The van der Waals surface area contributed by atoms with Crippen molar-refractivity contribution in [3.63, 3.8) is 0 Å². The van der Waals surface area contributed by atoms with E-state index in [1.807, 2.05) is 59.1 Å². The standard InChI is InChI=1S/C24H31NO3S/c1-3-4-5-9-12-23(26)25-15-16-29-24(25)20-13-14-21(27-2)22(17-20)28-18-19-10-7-6-8-11-19/h6-8,10-11,13-14,17,24H,3-5,9,12,15-16,18H2,1-2H3/t24-/m0/s1. The highest BCUT2D eigenvalue weighted by atomic mass is 32.2. The molecule has 3 rings (SSSR count). The quantitative estimate of drug-likeness (QED) is 0.460. The average molecular weight is 414 g/mol. The number of unbranched alkanes of at least 4 members (excludes halogenated alkanes) is 3. The van der Waals surface area contributed by atoms with Crippen molar-refractivity contribution in [1.29, 1.82) is 0 Å². The monoisotopic (exact) mass is 413 g/mol. The molecule has 0 saturated carbocycles. The second-order valence-corrected chi connectivity index (χ2v) is 8.49. The first-order chi connectivity index (χ1) is 14.2. The number of amides is 1. The second-order valence-electron chi connectivity index (χ2n) is 7.31. The van der Waals surface area contributed by atoms with E-state index in [4.69, 9.17) is 9.47 Å². The number of rotatable bonds is 10. The van der Waals surface area contributed by atoms with Crippen molar-refractivity contribution in [3.8, 4) is 11.5 Å². The summed E-state index contributed by atoms with van der Waals surface area (Å²) < 4.78 is 11.6. The second kappa shape index (κ2) is 11.1. The molecule has 1 heterocycles. The van der Waals surface area contributed by atoms with Crippen molar-refractivity contribution in [1.82, 2.24) is 4.90 Å². The van der Waals surface area contributed by atoms with Gasteiger partial charge in [0.15, 0.2) is 11.5 Å². The SMILES string of the molecule is CCCCCCC(=O)N1CCS[C@H]1c1ccc(OC)c(OCc2ccccc2)c1. The van der Waals surface area contributed by atoms with Crippen LogP contribution >= 0.6 is 11.8 Å². The highest BCUT2D eigenvalue weighted by molar-refractivity contribution is 7.99. The summed E-state index contributed by atoms with van der Waals surface area (Å²) in [6.45, 7) is 3.49. The lowest BCUT2D eigenvalue weighted by atomic mass is 10.1. The Kier molecular flexibility index (Phi) is 8.29. The van der Waals surface area contributed by atoms with E-state index in [0.29, 0.717) is 18.8 Å². The summed E-state index contributed by atoms with van der Waals surface area (Å²) in [5.74, 6) is 2.66. The van der Waals surface area contributed by atoms with E-state index in [1.165, 1.54) is 12.8 Å². The minimum Gasteiger partial charge on any atom is -0.493 e. The van der Waals surface area contributed by atoms with Crippen LogP contribution in [0, 0.1) is 0 Å². The van der Waals surface area contributed by atoms with E-state index in [9.17, 15) is 4.79 Å². The Labute approximate surface area is 178 Å². The molecule has 1 aliphatic rings. The fourth-order valence-corrected chi connectivity index (χ4v) is 4.81. The van der Waals surface area contributed by atoms with Crippen molar-refractivity contribution in [3.05, 3.63) is 59.7 Å². The highest BCUT2D eigenvalue weighted by Gasteiger charge is 2.30. The number of methoxy groups -OCH3 is 1. The maximum absolute atomic E-state index is 12.8. The predicted octanol–water partition coefficient (Wildman–Crippen LogP) is 5.82. The number of thioether (sulfide) groups is 1. The minimum absolute atomic E-state index is 0.0543. The largest absolute Gasteiger partial charge is 0.493 e. The van der Waals surface area contributed by atoms with Gasteiger partial charge in [-0.2, -0.15) is 0 Å². The predicted molar refractivity (Wildman–Crippen MR) is 119 cm³/mol. The summed E-state index contributed by atoms with van der Waals surface area (Å²) in [6.07, 6.45) is 5.15. The van der Waals surface area contributed by atoms with Crippen molar-refractivity contribution >= 4 is 17.7 Å². The van der Waals surface area contributed by atoms with Crippen LogP contribution in [0.3, 0.4) is 0 Å². The lowest BCUT2D eigenvalue weighted by Gasteiger charge is -2.25. The molecule has 0 unspecified atom stereocenters. The van der Waals surface area contributed by atoms with Crippen LogP contribution in [-0.4, -0.2) is 30.2 Å². The molecule has 29 heavy (non-hydrogen) atoms. The maximum atomic E-state index is 12.8. The van der Waals surface area contributed by atoms with Gasteiger partial charge in [0.25, 0.3) is 0 Å². The Morgan fingerprint density at radius 3 is 2.69 bits per heavy atom. The first-order valence-electron chi connectivity index (χ1n) is 10.5. The van der Waals surface area contributed by atoms with E-state index in [-0.39, 0.29) is 11.3 Å². The average Bonchev–Trinajstić information content (AvgIpc) is 3.26. The van der Waals surface area contributed by atoms with Gasteiger partial charge in [0.05, 0.1) is 7.11 Å². The van der Waals surface area contributed by atoms with Gasteiger partial charge in [-0.1, -0.05) is 62.6 Å². The van der Waals surface area contributed by atoms with Crippen LogP contribution in [0.2, 0.25) is 0 Å². The molecule has 1 aliphatic heterocycles. The molecular formula is C24H31NO3S. The Morgan fingerprint density at radius 2 is 1.93 bits per heavy atom. The lowest BCUT2D eigenvalue weighted by molar-refractivity contribution is -0.131. The number of nitrogens with zero attached hydrogens (tertiary/aromatic N) is 1. The molecule has 1 amide bonds. The molecule has 1 saturated heterocycles. The number of benzene rings is 2. The molecule has 5 heteroatoms. The third kappa shape index (κ3) is 5.92. The summed E-state index contributed by atoms with van der Waals surface area (Å²) in [7, 11) is 1.65. The molecule has 2 aromatic carbocycles. The zero-order chi connectivity index (χ0) is 20.5. The van der Waals surface area contributed by atoms with Crippen LogP contribution in [0.25, 0.3) is 0 Å². The van der Waals surface area contributed by atoms with Crippen molar-refractivity contribution in [2.75, 3.05) is 19.4 Å². The normalized spacial score (nSPS) is 16.1. The Bertz CT molecular complexity index is 781. The van der Waals surface area contributed by atoms with E-state index in [0.717, 1.165) is 42.0 Å². The third-order valence-electron chi connectivity index (χ3n) is 5.17. The number of ether oxygens (including phenoxy) is 2. The van der Waals surface area contributed by atoms with E-state index < -0.39 is 0 Å². The summed E-state index contributed by atoms with van der Waals surface area (Å²) >= 11 is 1.82. The van der Waals surface area contributed by atoms with Crippen LogP contribution in [0.15, 0.2) is 48.5 Å². The van der Waals surface area contributed by atoms with Crippen LogP contribution in [0.4, 0.5) is 0 Å². The van der Waals surface area contributed by atoms with Gasteiger partial charge in [-0.15, -0.1) is 11.8 Å². The molecule has 0 aromatic heterocycles. The number of hydrogen-bond acceptors (Lipinski definition) is 4. The molecule has 156 valence electrons. The first-order valence-corrected chi connectivity index (χ1v) is 11.5. The number of carbonyl (C=O) groups is 1. The van der Waals surface area contributed by atoms with Crippen LogP contribution < -0.4 is 9.47 Å². The molecule has 2 aromatic rings. The Morgan fingerprint density at radius 1 is 1.10 bits per heavy atom. The third-order valence-corrected chi connectivity index (χ3v) is 6.43. The summed E-state index contributed by atoms with van der Waals surface area (Å²) in [5, 5.41) is 0.0543. The molecule has 4 nitrogen and oxygen atoms in total. The Balaban J connectivity index is 1.69. The van der Waals surface area contributed by atoms with Gasteiger partial charge >= 0.3 is 0 Å². The topological polar surface area (TPSA) is 38.8 Å². The molecular weight excluding hydrogens is 382 g/mol. The van der Waals surface area contributed by atoms with Gasteiger partial charge in [0.2, 0.25) is 5.91 Å². The molecule has 1 fully saturated rings. The van der Waals surface area contributed by atoms with Crippen molar-refractivity contribution in [2.45, 2.75) is 51.0 Å². The Hall–Kier alpha value is -2.14. The molecule has 0 N–H and O–H groups in total.